The fourth-order valence-electron chi connectivity index (χ4n) is 5.29. The molecule has 2 aliphatic heterocycles. The lowest BCUT2D eigenvalue weighted by Crippen LogP contribution is -2.46. The Bertz CT molecular complexity index is 1420. The van der Waals surface area contributed by atoms with Gasteiger partial charge in [0.1, 0.15) is 11.2 Å². The molecule has 2 fully saturated rings. The van der Waals surface area contributed by atoms with Crippen LogP contribution in [0.15, 0.2) is 51.7 Å². The zero-order valence-corrected chi connectivity index (χ0v) is 21.5. The molecular formula is C28H31N3O6. The smallest absolute Gasteiger partial charge is 0.410 e. The van der Waals surface area contributed by atoms with Crippen molar-refractivity contribution in [2.45, 2.75) is 38.3 Å². The number of hydrogen-bond donors (Lipinski definition) is 1. The van der Waals surface area contributed by atoms with Gasteiger partial charge in [0.2, 0.25) is 0 Å². The molecule has 1 amide bonds. The van der Waals surface area contributed by atoms with Crippen molar-refractivity contribution in [3.05, 3.63) is 69.4 Å². The van der Waals surface area contributed by atoms with E-state index in [1.54, 1.807) is 30.1 Å². The van der Waals surface area contributed by atoms with Crippen molar-refractivity contribution in [3.63, 3.8) is 0 Å². The third-order valence-corrected chi connectivity index (χ3v) is 7.29. The van der Waals surface area contributed by atoms with Crippen LogP contribution in [0.4, 0.5) is 16.4 Å². The lowest BCUT2D eigenvalue weighted by molar-refractivity contribution is 0.0361. The third kappa shape index (κ3) is 4.61. The quantitative estimate of drug-likeness (QED) is 0.507. The van der Waals surface area contributed by atoms with Crippen LogP contribution in [0.25, 0.3) is 11.0 Å². The first-order valence-electron chi connectivity index (χ1n) is 12.4. The molecule has 37 heavy (non-hydrogen) atoms. The summed E-state index contributed by atoms with van der Waals surface area (Å²) in [6.07, 6.45) is 1.03. The number of fused-ring (bicyclic) bond motifs is 1. The van der Waals surface area contributed by atoms with E-state index in [2.05, 4.69) is 5.32 Å². The van der Waals surface area contributed by atoms with Crippen molar-refractivity contribution in [3.8, 4) is 0 Å². The lowest BCUT2D eigenvalue weighted by Gasteiger charge is -2.37. The van der Waals surface area contributed by atoms with Crippen LogP contribution < -0.4 is 15.6 Å². The van der Waals surface area contributed by atoms with E-state index >= 15 is 0 Å². The summed E-state index contributed by atoms with van der Waals surface area (Å²) >= 11 is 0. The van der Waals surface area contributed by atoms with Crippen molar-refractivity contribution >= 4 is 34.6 Å². The van der Waals surface area contributed by atoms with Gasteiger partial charge in [0, 0.05) is 50.3 Å². The number of amides is 1. The molecule has 0 saturated carbocycles. The van der Waals surface area contributed by atoms with E-state index in [4.69, 9.17) is 13.9 Å². The van der Waals surface area contributed by atoms with Crippen LogP contribution in [-0.2, 0) is 9.47 Å². The summed E-state index contributed by atoms with van der Waals surface area (Å²) in [5.74, 6) is 0.0671. The third-order valence-electron chi connectivity index (χ3n) is 7.29. The van der Waals surface area contributed by atoms with Gasteiger partial charge >= 0.3 is 12.1 Å². The van der Waals surface area contributed by atoms with Crippen molar-refractivity contribution in [2.75, 3.05) is 44.0 Å². The fraction of sp³-hybridized carbons (Fsp3) is 0.393. The Morgan fingerprint density at radius 2 is 1.86 bits per heavy atom. The Labute approximate surface area is 214 Å². The average molecular weight is 506 g/mol. The highest BCUT2D eigenvalue weighted by Gasteiger charge is 2.46. The molecule has 0 aliphatic carbocycles. The van der Waals surface area contributed by atoms with Crippen LogP contribution >= 0.6 is 0 Å². The molecule has 1 aromatic heterocycles. The SMILES string of the molecule is COC(=O)c1ccccc1NC(C)c1cc(C)cc2c(=O)cc(N3CCC4(CC3)CN(C)C(=O)O4)oc12. The van der Waals surface area contributed by atoms with Crippen molar-refractivity contribution in [2.24, 2.45) is 0 Å². The van der Waals surface area contributed by atoms with Gasteiger partial charge in [0.15, 0.2) is 11.3 Å². The summed E-state index contributed by atoms with van der Waals surface area (Å²) in [6, 6.07) is 12.2. The van der Waals surface area contributed by atoms with Gasteiger partial charge in [-0.05, 0) is 37.6 Å². The molecule has 5 rings (SSSR count). The second-order valence-corrected chi connectivity index (χ2v) is 9.98. The number of anilines is 2. The number of nitrogens with zero attached hydrogens (tertiary/aromatic N) is 2. The van der Waals surface area contributed by atoms with Crippen LogP contribution in [0.3, 0.4) is 0 Å². The highest BCUT2D eigenvalue weighted by molar-refractivity contribution is 5.95. The Kier molecular flexibility index (Phi) is 6.31. The highest BCUT2D eigenvalue weighted by atomic mass is 16.6. The van der Waals surface area contributed by atoms with Gasteiger partial charge in [-0.1, -0.05) is 18.2 Å². The molecule has 1 N–H and O–H groups in total. The number of likely N-dealkylation sites (N-methyl/N-ethyl adjacent to an activating group) is 1. The number of carbonyl (C=O) groups excluding carboxylic acids is 2. The van der Waals surface area contributed by atoms with E-state index in [0.717, 1.165) is 11.1 Å². The molecule has 2 aliphatic rings. The number of benzene rings is 2. The number of methoxy groups -OCH3 is 1. The largest absolute Gasteiger partial charge is 0.465 e. The van der Waals surface area contributed by atoms with Gasteiger partial charge in [-0.25, -0.2) is 9.59 Å². The Balaban J connectivity index is 1.46. The molecule has 9 nitrogen and oxygen atoms in total. The highest BCUT2D eigenvalue weighted by Crippen LogP contribution is 2.36. The number of rotatable bonds is 5. The van der Waals surface area contributed by atoms with E-state index in [9.17, 15) is 14.4 Å². The number of aryl methyl sites for hydroxylation is 1. The normalized spacial score (nSPS) is 17.7. The second-order valence-electron chi connectivity index (χ2n) is 9.98. The topological polar surface area (TPSA) is 101 Å². The Morgan fingerprint density at radius 1 is 1.14 bits per heavy atom. The summed E-state index contributed by atoms with van der Waals surface area (Å²) in [4.78, 5) is 41.0. The molecule has 0 radical (unpaired) electrons. The molecule has 194 valence electrons. The molecule has 9 heteroatoms. The van der Waals surface area contributed by atoms with Gasteiger partial charge in [-0.15, -0.1) is 0 Å². The van der Waals surface area contributed by atoms with E-state index in [1.807, 2.05) is 43.0 Å². The predicted octanol–water partition coefficient (Wildman–Crippen LogP) is 4.48. The summed E-state index contributed by atoms with van der Waals surface area (Å²) in [5.41, 5.74) is 2.72. The van der Waals surface area contributed by atoms with Crippen molar-refractivity contribution < 1.29 is 23.5 Å². The Morgan fingerprint density at radius 3 is 2.54 bits per heavy atom. The van der Waals surface area contributed by atoms with Crippen LogP contribution in [0.2, 0.25) is 0 Å². The average Bonchev–Trinajstić information content (AvgIpc) is 3.16. The first-order chi connectivity index (χ1) is 17.7. The molecule has 1 spiro atoms. The number of hydrogen-bond acceptors (Lipinski definition) is 8. The molecular weight excluding hydrogens is 474 g/mol. The molecule has 3 heterocycles. The monoisotopic (exact) mass is 505 g/mol. The van der Waals surface area contributed by atoms with E-state index in [1.165, 1.54) is 7.11 Å². The van der Waals surface area contributed by atoms with Crippen molar-refractivity contribution in [1.82, 2.24) is 4.90 Å². The first-order valence-corrected chi connectivity index (χ1v) is 12.4. The number of nitrogens with one attached hydrogen (secondary N) is 1. The van der Waals surface area contributed by atoms with Crippen molar-refractivity contribution in [1.29, 1.82) is 0 Å². The number of ether oxygens (including phenoxy) is 2. The number of esters is 1. The first kappa shape index (κ1) is 24.7. The van der Waals surface area contributed by atoms with Crippen LogP contribution in [0.1, 0.15) is 47.3 Å². The molecule has 1 atom stereocenters. The summed E-state index contributed by atoms with van der Waals surface area (Å²) in [6.45, 7) is 5.69. The standard InChI is InChI=1S/C28H31N3O6/c1-17-13-20(18(2)29-22-8-6-5-7-19(22)26(33)35-4)25-21(14-17)23(32)15-24(36-25)31-11-9-28(10-12-31)16-30(3)27(34)37-28/h5-8,13-15,18,29H,9-12,16H2,1-4H3. The summed E-state index contributed by atoms with van der Waals surface area (Å²) in [5, 5.41) is 3.90. The lowest BCUT2D eigenvalue weighted by atomic mass is 9.91. The minimum Gasteiger partial charge on any atom is -0.465 e. The number of carbonyl (C=O) groups is 2. The van der Waals surface area contributed by atoms with Crippen LogP contribution in [0, 0.1) is 6.92 Å². The minimum absolute atomic E-state index is 0.115. The number of para-hydroxylation sites is 1. The van der Waals surface area contributed by atoms with Gasteiger partial charge in [0.05, 0.1) is 30.6 Å². The van der Waals surface area contributed by atoms with E-state index in [-0.39, 0.29) is 17.6 Å². The van der Waals surface area contributed by atoms with E-state index in [0.29, 0.717) is 60.6 Å². The maximum Gasteiger partial charge on any atom is 0.410 e. The molecule has 2 saturated heterocycles. The van der Waals surface area contributed by atoms with E-state index < -0.39 is 11.6 Å². The van der Waals surface area contributed by atoms with Gasteiger partial charge in [-0.2, -0.15) is 0 Å². The fourth-order valence-corrected chi connectivity index (χ4v) is 5.29. The zero-order valence-electron chi connectivity index (χ0n) is 21.5. The number of piperidine rings is 1. The molecule has 1 unspecified atom stereocenters. The zero-order chi connectivity index (χ0) is 26.3. The van der Waals surface area contributed by atoms with Gasteiger partial charge < -0.3 is 29.0 Å². The predicted molar refractivity (Wildman–Crippen MR) is 140 cm³/mol. The van der Waals surface area contributed by atoms with Crippen LogP contribution in [-0.4, -0.2) is 56.4 Å². The van der Waals surface area contributed by atoms with Gasteiger partial charge in [0.25, 0.3) is 0 Å². The van der Waals surface area contributed by atoms with Crippen LogP contribution in [0.5, 0.6) is 0 Å². The Hall–Kier alpha value is -4.01. The second kappa shape index (κ2) is 9.46. The molecule has 3 aromatic rings. The molecule has 0 bridgehead atoms. The summed E-state index contributed by atoms with van der Waals surface area (Å²) < 4.78 is 17.0. The maximum absolute atomic E-state index is 13.2. The minimum atomic E-state index is -0.479. The van der Waals surface area contributed by atoms with Gasteiger partial charge in [-0.3, -0.25) is 4.79 Å². The molecule has 2 aromatic carbocycles. The maximum atomic E-state index is 13.2. The summed E-state index contributed by atoms with van der Waals surface area (Å²) in [7, 11) is 3.10.